The molecule has 1 heterocycles. The van der Waals surface area contributed by atoms with E-state index in [-0.39, 0.29) is 11.4 Å². The Kier molecular flexibility index (Phi) is 5.93. The summed E-state index contributed by atoms with van der Waals surface area (Å²) in [5, 5.41) is 0. The van der Waals surface area contributed by atoms with E-state index in [0.717, 1.165) is 13.0 Å². The molecule has 1 aliphatic heterocycles. The van der Waals surface area contributed by atoms with Crippen molar-refractivity contribution in [2.75, 3.05) is 6.54 Å². The Morgan fingerprint density at radius 3 is 2.20 bits per heavy atom. The number of hydrogen-bond donors (Lipinski definition) is 1. The number of nitrogens with zero attached hydrogens (tertiary/aromatic N) is 2. The van der Waals surface area contributed by atoms with Gasteiger partial charge in [-0.3, -0.25) is 0 Å². The normalized spacial score (nSPS) is 15.0. The Morgan fingerprint density at radius 1 is 0.967 bits per heavy atom. The van der Waals surface area contributed by atoms with Gasteiger partial charge in [-0.1, -0.05) is 57.2 Å². The van der Waals surface area contributed by atoms with E-state index in [1.54, 1.807) is 0 Å². The fourth-order valence-electron chi connectivity index (χ4n) is 3.54. The minimum Gasteiger partial charge on any atom is -0.442 e. The van der Waals surface area contributed by atoms with E-state index in [1.165, 1.54) is 27.8 Å². The van der Waals surface area contributed by atoms with E-state index in [9.17, 15) is 4.79 Å². The first kappa shape index (κ1) is 21.9. The highest BCUT2D eigenvalue weighted by molar-refractivity contribution is 5.89. The van der Waals surface area contributed by atoms with Crippen molar-refractivity contribution in [3.63, 3.8) is 0 Å². The van der Waals surface area contributed by atoms with Gasteiger partial charge in [-0.2, -0.15) is 0 Å². The number of benzene rings is 2. The highest BCUT2D eigenvalue weighted by Crippen LogP contribution is 2.29. The molecular formula is C25H33N3O2. The molecule has 0 fully saturated rings. The molecule has 0 saturated carbocycles. The van der Waals surface area contributed by atoms with E-state index >= 15 is 0 Å². The molecule has 0 aromatic heterocycles. The van der Waals surface area contributed by atoms with Gasteiger partial charge >= 0.3 is 6.09 Å². The van der Waals surface area contributed by atoms with Gasteiger partial charge in [0.15, 0.2) is 0 Å². The Balaban J connectivity index is 1.78. The van der Waals surface area contributed by atoms with Crippen LogP contribution in [0, 0.1) is 0 Å². The van der Waals surface area contributed by atoms with Gasteiger partial charge in [0.05, 0.1) is 0 Å². The molecule has 0 spiro atoms. The second kappa shape index (κ2) is 8.13. The highest BCUT2D eigenvalue weighted by atomic mass is 16.6. The van der Waals surface area contributed by atoms with Crippen LogP contribution < -0.4 is 5.73 Å². The monoisotopic (exact) mass is 407 g/mol. The van der Waals surface area contributed by atoms with Crippen LogP contribution in [-0.2, 0) is 23.1 Å². The van der Waals surface area contributed by atoms with E-state index in [0.29, 0.717) is 6.54 Å². The maximum atomic E-state index is 12.0. The number of hydrogen-bond acceptors (Lipinski definition) is 2. The molecule has 1 aliphatic rings. The van der Waals surface area contributed by atoms with Crippen molar-refractivity contribution in [1.82, 2.24) is 4.90 Å². The minimum absolute atomic E-state index is 0.139. The molecule has 2 N–H and O–H groups in total. The Hall–Kier alpha value is -2.82. The maximum absolute atomic E-state index is 12.0. The van der Waals surface area contributed by atoms with Crippen LogP contribution in [0.3, 0.4) is 0 Å². The van der Waals surface area contributed by atoms with Gasteiger partial charge in [0.1, 0.15) is 5.60 Å². The van der Waals surface area contributed by atoms with E-state index in [1.807, 2.05) is 25.7 Å². The molecule has 3 rings (SSSR count). The summed E-state index contributed by atoms with van der Waals surface area (Å²) in [4.78, 5) is 17.8. The van der Waals surface area contributed by atoms with Crippen molar-refractivity contribution in [2.24, 2.45) is 10.7 Å². The molecular weight excluding hydrogens is 374 g/mol. The number of amides is 1. The third-order valence-electron chi connectivity index (χ3n) is 5.23. The lowest BCUT2D eigenvalue weighted by molar-refractivity contribution is 0.0601. The van der Waals surface area contributed by atoms with Crippen LogP contribution in [0.25, 0.3) is 11.1 Å². The van der Waals surface area contributed by atoms with Gasteiger partial charge < -0.3 is 15.4 Å². The SMILES string of the molecule is CC(C)(C)OC(=O)/N=C(\N)N1CCc2ccc(-c3ccc(C(C)(C)C)cc3)cc2C1. The molecule has 30 heavy (non-hydrogen) atoms. The van der Waals surface area contributed by atoms with Crippen molar-refractivity contribution in [3.8, 4) is 11.1 Å². The Bertz CT molecular complexity index is 948. The number of carbonyl (C=O) groups is 1. The third kappa shape index (κ3) is 5.41. The molecule has 0 unspecified atom stereocenters. The summed E-state index contributed by atoms with van der Waals surface area (Å²) in [6.45, 7) is 13.4. The van der Waals surface area contributed by atoms with Gasteiger partial charge in [0, 0.05) is 13.1 Å². The number of ether oxygens (including phenoxy) is 1. The summed E-state index contributed by atoms with van der Waals surface area (Å²) in [5.41, 5.74) is 11.9. The van der Waals surface area contributed by atoms with Crippen molar-refractivity contribution < 1.29 is 9.53 Å². The van der Waals surface area contributed by atoms with Crippen molar-refractivity contribution >= 4 is 12.1 Å². The summed E-state index contributed by atoms with van der Waals surface area (Å²) in [7, 11) is 0. The second-order valence-electron chi connectivity index (χ2n) is 9.93. The first-order valence-electron chi connectivity index (χ1n) is 10.5. The molecule has 0 bridgehead atoms. The molecule has 160 valence electrons. The van der Waals surface area contributed by atoms with Crippen LogP contribution >= 0.6 is 0 Å². The molecule has 0 aliphatic carbocycles. The largest absolute Gasteiger partial charge is 0.442 e. The first-order chi connectivity index (χ1) is 13.9. The highest BCUT2D eigenvalue weighted by Gasteiger charge is 2.21. The number of nitrogens with two attached hydrogens (primary N) is 1. The van der Waals surface area contributed by atoms with Crippen LogP contribution in [0.4, 0.5) is 4.79 Å². The van der Waals surface area contributed by atoms with Crippen LogP contribution in [0.15, 0.2) is 47.5 Å². The maximum Gasteiger partial charge on any atom is 0.437 e. The van der Waals surface area contributed by atoms with Gasteiger partial charge in [0.2, 0.25) is 5.96 Å². The number of guanidine groups is 1. The number of rotatable bonds is 1. The molecule has 5 heteroatoms. The van der Waals surface area contributed by atoms with Crippen LogP contribution in [0.5, 0.6) is 0 Å². The molecule has 0 saturated heterocycles. The standard InChI is InChI=1S/C25H33N3O2/c1-24(2,3)21-11-9-17(10-12-21)19-8-7-18-13-14-28(16-20(18)15-19)22(26)27-23(29)30-25(4,5)6/h7-12,15H,13-14,16H2,1-6H3,(H2,26,27,29). The summed E-state index contributed by atoms with van der Waals surface area (Å²) >= 11 is 0. The second-order valence-corrected chi connectivity index (χ2v) is 9.93. The van der Waals surface area contributed by atoms with Crippen LogP contribution in [0.1, 0.15) is 58.2 Å². The zero-order valence-electron chi connectivity index (χ0n) is 19.0. The zero-order chi connectivity index (χ0) is 22.1. The topological polar surface area (TPSA) is 67.9 Å². The Morgan fingerprint density at radius 2 is 1.60 bits per heavy atom. The van der Waals surface area contributed by atoms with E-state index < -0.39 is 11.7 Å². The van der Waals surface area contributed by atoms with Gasteiger partial charge in [0.25, 0.3) is 0 Å². The van der Waals surface area contributed by atoms with E-state index in [2.05, 4.69) is 68.2 Å². The summed E-state index contributed by atoms with van der Waals surface area (Å²) in [6, 6.07) is 15.4. The molecule has 0 radical (unpaired) electrons. The van der Waals surface area contributed by atoms with Crippen LogP contribution in [-0.4, -0.2) is 29.1 Å². The van der Waals surface area contributed by atoms with Crippen LogP contribution in [0.2, 0.25) is 0 Å². The summed E-state index contributed by atoms with van der Waals surface area (Å²) in [5.74, 6) is 0.204. The molecule has 0 atom stereocenters. The van der Waals surface area contributed by atoms with Gasteiger partial charge in [-0.05, 0) is 66.5 Å². The fraction of sp³-hybridized carbons (Fsp3) is 0.440. The van der Waals surface area contributed by atoms with Gasteiger partial charge in [-0.15, -0.1) is 4.99 Å². The van der Waals surface area contributed by atoms with Gasteiger partial charge in [-0.25, -0.2) is 4.79 Å². The number of fused-ring (bicyclic) bond motifs is 1. The molecule has 2 aromatic carbocycles. The fourth-order valence-corrected chi connectivity index (χ4v) is 3.54. The van der Waals surface area contributed by atoms with E-state index in [4.69, 9.17) is 10.5 Å². The molecule has 1 amide bonds. The third-order valence-corrected chi connectivity index (χ3v) is 5.23. The predicted molar refractivity (Wildman–Crippen MR) is 123 cm³/mol. The molecule has 2 aromatic rings. The summed E-state index contributed by atoms with van der Waals surface area (Å²) < 4.78 is 5.25. The lowest BCUT2D eigenvalue weighted by atomic mass is 9.86. The quantitative estimate of drug-likeness (QED) is 0.517. The van der Waals surface area contributed by atoms with Crippen molar-refractivity contribution in [1.29, 1.82) is 0 Å². The number of aliphatic imine (C=N–C) groups is 1. The Labute approximate surface area is 179 Å². The average Bonchev–Trinajstić information content (AvgIpc) is 2.65. The van der Waals surface area contributed by atoms with Crippen molar-refractivity contribution in [3.05, 3.63) is 59.2 Å². The van der Waals surface area contributed by atoms with Crippen molar-refractivity contribution in [2.45, 2.75) is 65.5 Å². The zero-order valence-corrected chi connectivity index (χ0v) is 19.0. The average molecular weight is 408 g/mol. The first-order valence-corrected chi connectivity index (χ1v) is 10.5. The number of carbonyl (C=O) groups excluding carboxylic acids is 1. The smallest absolute Gasteiger partial charge is 0.437 e. The molecule has 5 nitrogen and oxygen atoms in total. The lowest BCUT2D eigenvalue weighted by Crippen LogP contribution is -2.41. The lowest BCUT2D eigenvalue weighted by Gasteiger charge is -2.30. The minimum atomic E-state index is -0.654. The predicted octanol–water partition coefficient (Wildman–Crippen LogP) is 5.26. The summed E-state index contributed by atoms with van der Waals surface area (Å²) in [6.07, 6.45) is 0.210.